The highest BCUT2D eigenvalue weighted by Crippen LogP contribution is 2.36. The molecule has 0 bridgehead atoms. The van der Waals surface area contributed by atoms with Crippen LogP contribution >= 0.6 is 0 Å². The van der Waals surface area contributed by atoms with Crippen LogP contribution < -0.4 is 4.90 Å². The van der Waals surface area contributed by atoms with Crippen LogP contribution in [0.5, 0.6) is 0 Å². The molecule has 1 amide bonds. The predicted molar refractivity (Wildman–Crippen MR) is 87.5 cm³/mol. The number of hydrogen-bond acceptors (Lipinski definition) is 6. The summed E-state index contributed by atoms with van der Waals surface area (Å²) >= 11 is 0. The van der Waals surface area contributed by atoms with Gasteiger partial charge in [-0.2, -0.15) is 13.2 Å². The summed E-state index contributed by atoms with van der Waals surface area (Å²) < 4.78 is 43.3. The zero-order valence-corrected chi connectivity index (χ0v) is 14.2. The van der Waals surface area contributed by atoms with Crippen LogP contribution in [0.4, 0.5) is 24.5 Å². The van der Waals surface area contributed by atoms with Crippen molar-refractivity contribution in [3.05, 3.63) is 51.4 Å². The quantitative estimate of drug-likeness (QED) is 0.597. The summed E-state index contributed by atoms with van der Waals surface area (Å²) in [6.45, 7) is 2.65. The summed E-state index contributed by atoms with van der Waals surface area (Å²) in [7, 11) is 0. The summed E-state index contributed by atoms with van der Waals surface area (Å²) in [4.78, 5) is 25.8. The molecule has 1 aromatic heterocycles. The molecule has 0 atom stereocenters. The number of amides is 1. The van der Waals surface area contributed by atoms with Crippen LogP contribution in [0.3, 0.4) is 0 Å². The van der Waals surface area contributed by atoms with Crippen molar-refractivity contribution in [1.82, 2.24) is 10.1 Å². The number of nitrogens with zero attached hydrogens (tertiary/aromatic N) is 4. The Kier molecular flexibility index (Phi) is 4.77. The first kappa shape index (κ1) is 18.7. The first-order chi connectivity index (χ1) is 12.7. The zero-order chi connectivity index (χ0) is 19.8. The lowest BCUT2D eigenvalue weighted by molar-refractivity contribution is -0.384. The molecule has 0 saturated carbocycles. The average molecular weight is 384 g/mol. The summed E-state index contributed by atoms with van der Waals surface area (Å²) in [5, 5.41) is 14.9. The maximum atomic E-state index is 12.8. The van der Waals surface area contributed by atoms with Crippen molar-refractivity contribution in [2.75, 3.05) is 31.1 Å². The van der Waals surface area contributed by atoms with Crippen molar-refractivity contribution < 1.29 is 27.4 Å². The Morgan fingerprint density at radius 3 is 2.41 bits per heavy atom. The minimum Gasteiger partial charge on any atom is -0.362 e. The highest BCUT2D eigenvalue weighted by Gasteiger charge is 2.34. The number of anilines is 1. The van der Waals surface area contributed by atoms with Crippen molar-refractivity contribution in [3.8, 4) is 0 Å². The van der Waals surface area contributed by atoms with Crippen molar-refractivity contribution in [1.29, 1.82) is 0 Å². The number of benzene rings is 1. The number of alkyl halides is 3. The van der Waals surface area contributed by atoms with Crippen molar-refractivity contribution in [3.63, 3.8) is 0 Å². The maximum Gasteiger partial charge on any atom is 0.416 e. The lowest BCUT2D eigenvalue weighted by atomic mass is 10.1. The fourth-order valence-electron chi connectivity index (χ4n) is 2.89. The normalized spacial score (nSPS) is 15.1. The molecule has 2 aromatic rings. The van der Waals surface area contributed by atoms with Gasteiger partial charge in [-0.15, -0.1) is 0 Å². The van der Waals surface area contributed by atoms with E-state index >= 15 is 0 Å². The third-order valence-corrected chi connectivity index (χ3v) is 4.25. The molecule has 3 rings (SSSR count). The smallest absolute Gasteiger partial charge is 0.362 e. The van der Waals surface area contributed by atoms with Gasteiger partial charge < -0.3 is 14.3 Å². The van der Waals surface area contributed by atoms with Crippen LogP contribution in [0.25, 0.3) is 0 Å². The van der Waals surface area contributed by atoms with E-state index in [1.165, 1.54) is 11.0 Å². The van der Waals surface area contributed by atoms with Gasteiger partial charge in [-0.05, 0) is 19.1 Å². The van der Waals surface area contributed by atoms with Gasteiger partial charge in [-0.25, -0.2) is 0 Å². The SMILES string of the molecule is Cc1cc(C(=O)N2CCN(c3ccc(C(F)(F)F)cc3[N+](=O)[O-])CC2)no1. The number of nitro benzene ring substituents is 1. The van der Waals surface area contributed by atoms with Crippen LogP contribution in [0.2, 0.25) is 0 Å². The Labute approximate surface area is 151 Å². The molecule has 8 nitrogen and oxygen atoms in total. The van der Waals surface area contributed by atoms with E-state index in [-0.39, 0.29) is 43.5 Å². The second kappa shape index (κ2) is 6.89. The summed E-state index contributed by atoms with van der Waals surface area (Å²) in [5.74, 6) is 0.172. The Bertz CT molecular complexity index is 873. The molecule has 1 aromatic carbocycles. The number of nitro groups is 1. The molecule has 2 heterocycles. The molecular formula is C16H15F3N4O4. The minimum absolute atomic E-state index is 0.0948. The number of carbonyl (C=O) groups is 1. The lowest BCUT2D eigenvalue weighted by Crippen LogP contribution is -2.49. The number of halogens is 3. The van der Waals surface area contributed by atoms with E-state index < -0.39 is 22.4 Å². The Morgan fingerprint density at radius 1 is 1.22 bits per heavy atom. The second-order valence-corrected chi connectivity index (χ2v) is 6.06. The molecule has 0 aliphatic carbocycles. The number of piperazine rings is 1. The molecule has 0 radical (unpaired) electrons. The standard InChI is InChI=1S/C16H15F3N4O4/c1-10-8-12(20-27-10)15(24)22-6-4-21(5-7-22)13-3-2-11(16(17,18)19)9-14(13)23(25)26/h2-3,8-9H,4-7H2,1H3. The van der Waals surface area contributed by atoms with E-state index in [2.05, 4.69) is 5.16 Å². The largest absolute Gasteiger partial charge is 0.416 e. The van der Waals surface area contributed by atoms with Gasteiger partial charge in [-0.1, -0.05) is 5.16 Å². The molecule has 144 valence electrons. The predicted octanol–water partition coefficient (Wildman–Crippen LogP) is 2.87. The number of carbonyl (C=O) groups excluding carboxylic acids is 1. The number of aryl methyl sites for hydroxylation is 1. The number of rotatable bonds is 3. The van der Waals surface area contributed by atoms with E-state index in [9.17, 15) is 28.1 Å². The van der Waals surface area contributed by atoms with Crippen LogP contribution in [0.1, 0.15) is 21.8 Å². The summed E-state index contributed by atoms with van der Waals surface area (Å²) in [6, 6.07) is 3.96. The first-order valence-corrected chi connectivity index (χ1v) is 8.00. The van der Waals surface area contributed by atoms with Gasteiger partial charge in [0, 0.05) is 38.3 Å². The Morgan fingerprint density at radius 2 is 1.89 bits per heavy atom. The molecular weight excluding hydrogens is 369 g/mol. The highest BCUT2D eigenvalue weighted by molar-refractivity contribution is 5.92. The molecule has 0 spiro atoms. The first-order valence-electron chi connectivity index (χ1n) is 8.00. The molecule has 27 heavy (non-hydrogen) atoms. The van der Waals surface area contributed by atoms with E-state index in [1.54, 1.807) is 11.8 Å². The summed E-state index contributed by atoms with van der Waals surface area (Å²) in [5.41, 5.74) is -1.43. The van der Waals surface area contributed by atoms with Gasteiger partial charge in [0.2, 0.25) is 0 Å². The molecule has 11 heteroatoms. The van der Waals surface area contributed by atoms with Gasteiger partial charge >= 0.3 is 6.18 Å². The van der Waals surface area contributed by atoms with E-state index in [0.29, 0.717) is 11.8 Å². The minimum atomic E-state index is -4.66. The Hall–Kier alpha value is -3.11. The number of hydrogen-bond donors (Lipinski definition) is 0. The van der Waals surface area contributed by atoms with Crippen LogP contribution in [-0.4, -0.2) is 47.1 Å². The van der Waals surface area contributed by atoms with Crippen molar-refractivity contribution in [2.45, 2.75) is 13.1 Å². The van der Waals surface area contributed by atoms with Crippen LogP contribution in [0, 0.1) is 17.0 Å². The van der Waals surface area contributed by atoms with Gasteiger partial charge in [0.1, 0.15) is 11.4 Å². The molecule has 1 fully saturated rings. The number of aromatic nitrogens is 1. The zero-order valence-electron chi connectivity index (χ0n) is 14.2. The second-order valence-electron chi connectivity index (χ2n) is 6.06. The molecule has 0 N–H and O–H groups in total. The monoisotopic (exact) mass is 384 g/mol. The molecule has 0 unspecified atom stereocenters. The Balaban J connectivity index is 1.76. The summed E-state index contributed by atoms with van der Waals surface area (Å²) in [6.07, 6.45) is -4.66. The highest BCUT2D eigenvalue weighted by atomic mass is 19.4. The van der Waals surface area contributed by atoms with E-state index in [4.69, 9.17) is 4.52 Å². The fraction of sp³-hybridized carbons (Fsp3) is 0.375. The lowest BCUT2D eigenvalue weighted by Gasteiger charge is -2.35. The average Bonchev–Trinajstić information content (AvgIpc) is 3.06. The van der Waals surface area contributed by atoms with Crippen LogP contribution in [0.15, 0.2) is 28.8 Å². The van der Waals surface area contributed by atoms with E-state index in [1.807, 2.05) is 0 Å². The third kappa shape index (κ3) is 3.86. The molecule has 1 saturated heterocycles. The van der Waals surface area contributed by atoms with Gasteiger partial charge in [-0.3, -0.25) is 14.9 Å². The van der Waals surface area contributed by atoms with Gasteiger partial charge in [0.25, 0.3) is 11.6 Å². The fourth-order valence-corrected chi connectivity index (χ4v) is 2.89. The van der Waals surface area contributed by atoms with Gasteiger partial charge in [0.05, 0.1) is 10.5 Å². The third-order valence-electron chi connectivity index (χ3n) is 4.25. The van der Waals surface area contributed by atoms with Crippen LogP contribution in [-0.2, 0) is 6.18 Å². The van der Waals surface area contributed by atoms with E-state index in [0.717, 1.165) is 12.1 Å². The van der Waals surface area contributed by atoms with Crippen molar-refractivity contribution in [2.24, 2.45) is 0 Å². The maximum absolute atomic E-state index is 12.8. The topological polar surface area (TPSA) is 92.7 Å². The van der Waals surface area contributed by atoms with Crippen molar-refractivity contribution >= 4 is 17.3 Å². The molecule has 1 aliphatic heterocycles. The van der Waals surface area contributed by atoms with Gasteiger partial charge in [0.15, 0.2) is 5.69 Å². The molecule has 1 aliphatic rings.